The molecule has 3 heterocycles. The van der Waals surface area contributed by atoms with Gasteiger partial charge in [0.2, 0.25) is 0 Å². The average molecular weight is 423 g/mol. The standard InChI is InChI=1S/C24H30N4OS/c1-15-6-11-19-20(14-15)30-24-21(19)23(29)26-22(27-24)16(2)25-17-7-9-18(10-8-17)28-12-4-3-5-13-28/h7-10,15-16,25H,3-6,11-14H2,1-2H3,(H,26,27,29)/t15-,16-/m0/s1. The summed E-state index contributed by atoms with van der Waals surface area (Å²) in [6, 6.07) is 8.56. The fourth-order valence-electron chi connectivity index (χ4n) is 4.81. The van der Waals surface area contributed by atoms with Crippen molar-refractivity contribution in [1.82, 2.24) is 9.97 Å². The number of hydrogen-bond donors (Lipinski definition) is 2. The molecule has 0 spiro atoms. The van der Waals surface area contributed by atoms with Crippen LogP contribution in [-0.2, 0) is 12.8 Å². The third kappa shape index (κ3) is 3.73. The van der Waals surface area contributed by atoms with Crippen LogP contribution in [0.2, 0.25) is 0 Å². The molecule has 0 bridgehead atoms. The van der Waals surface area contributed by atoms with E-state index in [9.17, 15) is 4.79 Å². The fourth-order valence-corrected chi connectivity index (χ4v) is 6.20. The van der Waals surface area contributed by atoms with Gasteiger partial charge in [0.1, 0.15) is 10.7 Å². The van der Waals surface area contributed by atoms with E-state index in [2.05, 4.69) is 53.3 Å². The van der Waals surface area contributed by atoms with E-state index < -0.39 is 0 Å². The molecule has 1 fully saturated rings. The van der Waals surface area contributed by atoms with Gasteiger partial charge >= 0.3 is 0 Å². The Morgan fingerprint density at radius 1 is 1.20 bits per heavy atom. The molecule has 0 amide bonds. The van der Waals surface area contributed by atoms with Gasteiger partial charge in [-0.3, -0.25) is 4.79 Å². The van der Waals surface area contributed by atoms with Crippen molar-refractivity contribution in [2.24, 2.45) is 5.92 Å². The first kappa shape index (κ1) is 19.6. The molecule has 1 aliphatic carbocycles. The SMILES string of the molecule is C[C@H]1CCc2c(sc3nc([C@H](C)Nc4ccc(N5CCCCC5)cc4)[nH]c(=O)c23)C1. The van der Waals surface area contributed by atoms with Crippen molar-refractivity contribution >= 4 is 32.9 Å². The number of piperidine rings is 1. The van der Waals surface area contributed by atoms with Crippen LogP contribution in [0.5, 0.6) is 0 Å². The number of nitrogens with zero attached hydrogens (tertiary/aromatic N) is 2. The van der Waals surface area contributed by atoms with Crippen molar-refractivity contribution < 1.29 is 0 Å². The monoisotopic (exact) mass is 422 g/mol. The predicted molar refractivity (Wildman–Crippen MR) is 126 cm³/mol. The molecule has 158 valence electrons. The Morgan fingerprint density at radius 2 is 1.97 bits per heavy atom. The maximum atomic E-state index is 12.9. The number of aryl methyl sites for hydroxylation is 1. The van der Waals surface area contributed by atoms with Gasteiger partial charge in [0.15, 0.2) is 0 Å². The molecule has 2 atom stereocenters. The van der Waals surface area contributed by atoms with E-state index >= 15 is 0 Å². The topological polar surface area (TPSA) is 61.0 Å². The highest BCUT2D eigenvalue weighted by Crippen LogP contribution is 2.36. The van der Waals surface area contributed by atoms with Crippen LogP contribution in [0.4, 0.5) is 11.4 Å². The summed E-state index contributed by atoms with van der Waals surface area (Å²) >= 11 is 1.71. The smallest absolute Gasteiger partial charge is 0.259 e. The third-order valence-electron chi connectivity index (χ3n) is 6.57. The molecule has 30 heavy (non-hydrogen) atoms. The molecule has 1 aromatic carbocycles. The first-order chi connectivity index (χ1) is 14.6. The number of anilines is 2. The van der Waals surface area contributed by atoms with Crippen molar-refractivity contribution in [3.05, 3.63) is 50.9 Å². The number of rotatable bonds is 4. The molecule has 3 aromatic rings. The zero-order chi connectivity index (χ0) is 20.7. The summed E-state index contributed by atoms with van der Waals surface area (Å²) < 4.78 is 0. The van der Waals surface area contributed by atoms with Gasteiger partial charge in [-0.25, -0.2) is 4.98 Å². The third-order valence-corrected chi connectivity index (χ3v) is 7.71. The summed E-state index contributed by atoms with van der Waals surface area (Å²) in [4.78, 5) is 25.5. The normalized spacial score (nSPS) is 20.2. The fraction of sp³-hybridized carbons (Fsp3) is 0.500. The van der Waals surface area contributed by atoms with Gasteiger partial charge in [-0.2, -0.15) is 0 Å². The second-order valence-electron chi connectivity index (χ2n) is 8.94. The number of thiophene rings is 1. The van der Waals surface area contributed by atoms with Crippen LogP contribution < -0.4 is 15.8 Å². The van der Waals surface area contributed by atoms with Gasteiger partial charge in [-0.15, -0.1) is 11.3 Å². The van der Waals surface area contributed by atoms with E-state index in [4.69, 9.17) is 4.98 Å². The lowest BCUT2D eigenvalue weighted by Crippen LogP contribution is -2.29. The van der Waals surface area contributed by atoms with Crippen molar-refractivity contribution in [2.75, 3.05) is 23.3 Å². The molecule has 5 nitrogen and oxygen atoms in total. The highest BCUT2D eigenvalue weighted by molar-refractivity contribution is 7.18. The van der Waals surface area contributed by atoms with Crippen LogP contribution >= 0.6 is 11.3 Å². The summed E-state index contributed by atoms with van der Waals surface area (Å²) in [6.07, 6.45) is 7.13. The van der Waals surface area contributed by atoms with Crippen molar-refractivity contribution in [3.63, 3.8) is 0 Å². The second-order valence-corrected chi connectivity index (χ2v) is 10.0. The highest BCUT2D eigenvalue weighted by Gasteiger charge is 2.23. The number of aromatic nitrogens is 2. The summed E-state index contributed by atoms with van der Waals surface area (Å²) in [5.74, 6) is 1.40. The Bertz CT molecular complexity index is 1090. The van der Waals surface area contributed by atoms with Crippen LogP contribution in [0.25, 0.3) is 10.2 Å². The summed E-state index contributed by atoms with van der Waals surface area (Å²) in [5.41, 5.74) is 3.59. The molecular formula is C24H30N4OS. The highest BCUT2D eigenvalue weighted by atomic mass is 32.1. The Morgan fingerprint density at radius 3 is 2.73 bits per heavy atom. The number of aromatic amines is 1. The summed E-state index contributed by atoms with van der Waals surface area (Å²) in [7, 11) is 0. The molecule has 1 saturated heterocycles. The molecular weight excluding hydrogens is 392 g/mol. The number of hydrogen-bond acceptors (Lipinski definition) is 5. The van der Waals surface area contributed by atoms with E-state index in [0.717, 1.165) is 48.3 Å². The molecule has 5 rings (SSSR count). The number of benzene rings is 1. The Labute approximate surface area is 181 Å². The minimum atomic E-state index is -0.0685. The minimum absolute atomic E-state index is 0.0103. The van der Waals surface area contributed by atoms with Gasteiger partial charge in [0.05, 0.1) is 11.4 Å². The van der Waals surface area contributed by atoms with Gasteiger partial charge in [0, 0.05) is 29.3 Å². The molecule has 6 heteroatoms. The van der Waals surface area contributed by atoms with Gasteiger partial charge in [-0.05, 0) is 81.2 Å². The molecule has 2 N–H and O–H groups in total. The molecule has 0 radical (unpaired) electrons. The van der Waals surface area contributed by atoms with E-state index in [1.807, 2.05) is 0 Å². The zero-order valence-electron chi connectivity index (χ0n) is 17.8. The molecule has 1 aliphatic heterocycles. The molecule has 2 aromatic heterocycles. The van der Waals surface area contributed by atoms with E-state index in [1.54, 1.807) is 11.3 Å². The molecule has 0 unspecified atom stereocenters. The van der Waals surface area contributed by atoms with Crippen molar-refractivity contribution in [1.29, 1.82) is 0 Å². The van der Waals surface area contributed by atoms with Crippen molar-refractivity contribution in [3.8, 4) is 0 Å². The van der Waals surface area contributed by atoms with Crippen LogP contribution in [0.3, 0.4) is 0 Å². The summed E-state index contributed by atoms with van der Waals surface area (Å²) in [6.45, 7) is 6.65. The Kier molecular flexibility index (Phi) is 5.27. The lowest BCUT2D eigenvalue weighted by atomic mass is 9.89. The summed E-state index contributed by atoms with van der Waals surface area (Å²) in [5, 5.41) is 4.33. The van der Waals surface area contributed by atoms with Gasteiger partial charge in [0.25, 0.3) is 5.56 Å². The minimum Gasteiger partial charge on any atom is -0.375 e. The van der Waals surface area contributed by atoms with Gasteiger partial charge < -0.3 is 15.2 Å². The largest absolute Gasteiger partial charge is 0.375 e. The molecule has 2 aliphatic rings. The number of H-pyrrole nitrogens is 1. The maximum absolute atomic E-state index is 12.9. The van der Waals surface area contributed by atoms with Crippen LogP contribution in [0.15, 0.2) is 29.1 Å². The first-order valence-electron chi connectivity index (χ1n) is 11.2. The predicted octanol–water partition coefficient (Wildman–Crippen LogP) is 5.27. The van der Waals surface area contributed by atoms with E-state index in [1.165, 1.54) is 35.4 Å². The Hall–Kier alpha value is -2.34. The van der Waals surface area contributed by atoms with Gasteiger partial charge in [-0.1, -0.05) is 6.92 Å². The number of nitrogens with one attached hydrogen (secondary N) is 2. The van der Waals surface area contributed by atoms with E-state index in [-0.39, 0.29) is 11.6 Å². The zero-order valence-corrected chi connectivity index (χ0v) is 18.6. The maximum Gasteiger partial charge on any atom is 0.259 e. The van der Waals surface area contributed by atoms with E-state index in [0.29, 0.717) is 11.7 Å². The van der Waals surface area contributed by atoms with Crippen LogP contribution in [0.1, 0.15) is 61.8 Å². The van der Waals surface area contributed by atoms with Crippen molar-refractivity contribution in [2.45, 2.75) is 58.4 Å². The lowest BCUT2D eigenvalue weighted by molar-refractivity contribution is 0.509. The second kappa shape index (κ2) is 8.06. The quantitative estimate of drug-likeness (QED) is 0.601. The Balaban J connectivity index is 1.36. The van der Waals surface area contributed by atoms with Crippen LogP contribution in [-0.4, -0.2) is 23.1 Å². The molecule has 0 saturated carbocycles. The number of fused-ring (bicyclic) bond motifs is 3. The van der Waals surface area contributed by atoms with Crippen LogP contribution in [0, 0.1) is 5.92 Å². The first-order valence-corrected chi connectivity index (χ1v) is 12.1. The average Bonchev–Trinajstić information content (AvgIpc) is 3.12. The lowest BCUT2D eigenvalue weighted by Gasteiger charge is -2.29.